The van der Waals surface area contributed by atoms with Gasteiger partial charge in [-0.25, -0.2) is 4.98 Å². The number of methoxy groups -OCH3 is 1. The van der Waals surface area contributed by atoms with Crippen LogP contribution in [0.3, 0.4) is 0 Å². The Hall–Kier alpha value is -3.08. The molecule has 0 aliphatic rings. The highest BCUT2D eigenvalue weighted by Crippen LogP contribution is 2.25. The molecule has 0 aliphatic heterocycles. The van der Waals surface area contributed by atoms with Crippen molar-refractivity contribution >= 4 is 17.5 Å². The Kier molecular flexibility index (Phi) is 6.14. The minimum absolute atomic E-state index is 0.610. The van der Waals surface area contributed by atoms with Gasteiger partial charge in [-0.15, -0.1) is 0 Å². The van der Waals surface area contributed by atoms with Gasteiger partial charge in [-0.3, -0.25) is 0 Å². The molecule has 0 aliphatic carbocycles. The van der Waals surface area contributed by atoms with Crippen molar-refractivity contribution in [1.29, 1.82) is 0 Å². The van der Waals surface area contributed by atoms with E-state index in [9.17, 15) is 0 Å². The highest BCUT2D eigenvalue weighted by molar-refractivity contribution is 5.64. The second-order valence-electron chi connectivity index (χ2n) is 7.15. The zero-order valence-electron chi connectivity index (χ0n) is 17.3. The second kappa shape index (κ2) is 8.74. The molecule has 0 bridgehead atoms. The number of ether oxygens (including phenoxy) is 1. The van der Waals surface area contributed by atoms with Crippen LogP contribution in [0.4, 0.5) is 17.5 Å². The van der Waals surface area contributed by atoms with Crippen molar-refractivity contribution in [2.45, 2.75) is 34.1 Å². The number of benzene rings is 2. The zero-order valence-corrected chi connectivity index (χ0v) is 17.3. The molecule has 0 amide bonds. The highest BCUT2D eigenvalue weighted by Gasteiger charge is 2.08. The molecule has 1 aromatic heterocycles. The van der Waals surface area contributed by atoms with Crippen molar-refractivity contribution in [3.05, 3.63) is 70.4 Å². The summed E-state index contributed by atoms with van der Waals surface area (Å²) in [5, 5.41) is 6.80. The molecule has 3 rings (SSSR count). The molecular formula is C23H28N4O. The normalized spacial score (nSPS) is 10.6. The van der Waals surface area contributed by atoms with Gasteiger partial charge in [0.25, 0.3) is 0 Å². The Morgan fingerprint density at radius 1 is 0.929 bits per heavy atom. The number of hydrogen-bond donors (Lipinski definition) is 2. The molecule has 2 aromatic carbocycles. The third kappa shape index (κ3) is 5.00. The van der Waals surface area contributed by atoms with Crippen LogP contribution in [0, 0.1) is 27.7 Å². The van der Waals surface area contributed by atoms with Gasteiger partial charge in [0, 0.05) is 24.0 Å². The molecule has 0 fully saturated rings. The van der Waals surface area contributed by atoms with Gasteiger partial charge in [0.1, 0.15) is 11.6 Å². The van der Waals surface area contributed by atoms with Gasteiger partial charge < -0.3 is 15.4 Å². The van der Waals surface area contributed by atoms with E-state index in [0.717, 1.165) is 35.9 Å². The average Bonchev–Trinajstić information content (AvgIpc) is 2.64. The fourth-order valence-corrected chi connectivity index (χ4v) is 3.37. The van der Waals surface area contributed by atoms with Crippen molar-refractivity contribution in [3.63, 3.8) is 0 Å². The number of aryl methyl sites for hydroxylation is 4. The van der Waals surface area contributed by atoms with E-state index in [1.807, 2.05) is 25.1 Å². The fraction of sp³-hybridized carbons (Fsp3) is 0.304. The van der Waals surface area contributed by atoms with Crippen molar-refractivity contribution in [3.8, 4) is 5.75 Å². The Bertz CT molecular complexity index is 946. The molecule has 0 saturated heterocycles. The van der Waals surface area contributed by atoms with Crippen LogP contribution in [-0.2, 0) is 6.42 Å². The minimum atomic E-state index is 0.610. The number of anilines is 3. The van der Waals surface area contributed by atoms with Crippen LogP contribution in [-0.4, -0.2) is 23.6 Å². The zero-order chi connectivity index (χ0) is 20.1. The van der Waals surface area contributed by atoms with Gasteiger partial charge in [-0.2, -0.15) is 4.98 Å². The number of aromatic nitrogens is 2. The topological polar surface area (TPSA) is 59.1 Å². The summed E-state index contributed by atoms with van der Waals surface area (Å²) in [7, 11) is 1.69. The lowest BCUT2D eigenvalue weighted by atomic mass is 10.1. The summed E-state index contributed by atoms with van der Waals surface area (Å²) < 4.78 is 5.28. The van der Waals surface area contributed by atoms with Crippen LogP contribution in [0.25, 0.3) is 0 Å². The molecule has 0 unspecified atom stereocenters. The van der Waals surface area contributed by atoms with E-state index in [1.165, 1.54) is 22.3 Å². The van der Waals surface area contributed by atoms with Crippen LogP contribution < -0.4 is 15.4 Å². The molecule has 146 valence electrons. The minimum Gasteiger partial charge on any atom is -0.497 e. The van der Waals surface area contributed by atoms with Crippen LogP contribution >= 0.6 is 0 Å². The largest absolute Gasteiger partial charge is 0.497 e. The maximum atomic E-state index is 5.28. The molecule has 0 saturated carbocycles. The Balaban J connectivity index is 1.69. The number of nitrogens with one attached hydrogen (secondary N) is 2. The average molecular weight is 377 g/mol. The molecule has 1 heterocycles. The summed E-state index contributed by atoms with van der Waals surface area (Å²) in [6, 6.07) is 14.4. The van der Waals surface area contributed by atoms with Gasteiger partial charge in [0.05, 0.1) is 7.11 Å². The predicted molar refractivity (Wildman–Crippen MR) is 116 cm³/mol. The van der Waals surface area contributed by atoms with Crippen LogP contribution in [0.15, 0.2) is 42.5 Å². The van der Waals surface area contributed by atoms with E-state index >= 15 is 0 Å². The predicted octanol–water partition coefficient (Wildman–Crippen LogP) is 5.12. The van der Waals surface area contributed by atoms with E-state index < -0.39 is 0 Å². The third-order valence-electron chi connectivity index (χ3n) is 4.62. The van der Waals surface area contributed by atoms with E-state index in [2.05, 4.69) is 65.6 Å². The lowest BCUT2D eigenvalue weighted by molar-refractivity contribution is 0.414. The smallest absolute Gasteiger partial charge is 0.229 e. The van der Waals surface area contributed by atoms with Crippen molar-refractivity contribution in [2.24, 2.45) is 0 Å². The molecule has 0 radical (unpaired) electrons. The third-order valence-corrected chi connectivity index (χ3v) is 4.62. The first-order chi connectivity index (χ1) is 13.4. The SMILES string of the molecule is COc1cccc(CCNc2cc(C)nc(Nc3c(C)cc(C)cc3C)n2)c1. The van der Waals surface area contributed by atoms with E-state index in [-0.39, 0.29) is 0 Å². The number of hydrogen-bond acceptors (Lipinski definition) is 5. The standard InChI is InChI=1S/C23H28N4O/c1-15-11-16(2)22(17(3)12-15)27-23-25-18(4)13-21(26-23)24-10-9-19-7-6-8-20(14-19)28-5/h6-8,11-14H,9-10H2,1-5H3,(H2,24,25,26,27). The quantitative estimate of drug-likeness (QED) is 0.599. The highest BCUT2D eigenvalue weighted by atomic mass is 16.5. The first kappa shape index (κ1) is 19.7. The van der Waals surface area contributed by atoms with Gasteiger partial charge in [-0.05, 0) is 62.9 Å². The van der Waals surface area contributed by atoms with Crippen LogP contribution in [0.1, 0.15) is 27.9 Å². The van der Waals surface area contributed by atoms with E-state index in [4.69, 9.17) is 4.74 Å². The monoisotopic (exact) mass is 376 g/mol. The van der Waals surface area contributed by atoms with Crippen molar-refractivity contribution < 1.29 is 4.74 Å². The molecule has 0 spiro atoms. The summed E-state index contributed by atoms with van der Waals surface area (Å²) in [5.41, 5.74) is 6.85. The molecule has 0 atom stereocenters. The van der Waals surface area contributed by atoms with Gasteiger partial charge in [0.15, 0.2) is 0 Å². The fourth-order valence-electron chi connectivity index (χ4n) is 3.37. The summed E-state index contributed by atoms with van der Waals surface area (Å²) >= 11 is 0. The molecule has 5 nitrogen and oxygen atoms in total. The summed E-state index contributed by atoms with van der Waals surface area (Å²) in [4.78, 5) is 9.18. The summed E-state index contributed by atoms with van der Waals surface area (Å²) in [6.07, 6.45) is 0.888. The Morgan fingerprint density at radius 3 is 2.39 bits per heavy atom. The van der Waals surface area contributed by atoms with E-state index in [0.29, 0.717) is 5.95 Å². The Labute approximate surface area is 167 Å². The maximum absolute atomic E-state index is 5.28. The maximum Gasteiger partial charge on any atom is 0.229 e. The number of rotatable bonds is 7. The number of nitrogens with zero attached hydrogens (tertiary/aromatic N) is 2. The summed E-state index contributed by atoms with van der Waals surface area (Å²) in [5.74, 6) is 2.31. The van der Waals surface area contributed by atoms with Crippen molar-refractivity contribution in [2.75, 3.05) is 24.3 Å². The first-order valence-corrected chi connectivity index (χ1v) is 9.52. The molecule has 5 heteroatoms. The van der Waals surface area contributed by atoms with Gasteiger partial charge in [0.2, 0.25) is 5.95 Å². The lowest BCUT2D eigenvalue weighted by Crippen LogP contribution is -2.09. The van der Waals surface area contributed by atoms with Gasteiger partial charge in [-0.1, -0.05) is 29.8 Å². The van der Waals surface area contributed by atoms with Crippen molar-refractivity contribution in [1.82, 2.24) is 9.97 Å². The summed E-state index contributed by atoms with van der Waals surface area (Å²) in [6.45, 7) is 9.08. The molecule has 2 N–H and O–H groups in total. The first-order valence-electron chi connectivity index (χ1n) is 9.52. The van der Waals surface area contributed by atoms with Crippen LogP contribution in [0.2, 0.25) is 0 Å². The second-order valence-corrected chi connectivity index (χ2v) is 7.15. The lowest BCUT2D eigenvalue weighted by Gasteiger charge is -2.14. The molecular weight excluding hydrogens is 348 g/mol. The molecule has 28 heavy (non-hydrogen) atoms. The van der Waals surface area contributed by atoms with Gasteiger partial charge >= 0.3 is 0 Å². The van der Waals surface area contributed by atoms with E-state index in [1.54, 1.807) is 7.11 Å². The Morgan fingerprint density at radius 2 is 1.68 bits per heavy atom. The molecule has 3 aromatic rings. The van der Waals surface area contributed by atoms with Crippen LogP contribution in [0.5, 0.6) is 5.75 Å².